The van der Waals surface area contributed by atoms with Gasteiger partial charge in [-0.25, -0.2) is 0 Å². The molecule has 0 bridgehead atoms. The summed E-state index contributed by atoms with van der Waals surface area (Å²) in [7, 11) is 0. The van der Waals surface area contributed by atoms with E-state index in [-0.39, 0.29) is 0 Å². The molecule has 110 valence electrons. The van der Waals surface area contributed by atoms with Gasteiger partial charge in [0.25, 0.3) is 0 Å². The van der Waals surface area contributed by atoms with Crippen molar-refractivity contribution >= 4 is 0 Å². The molecular formula is C17H32N2. The first-order valence-corrected chi connectivity index (χ1v) is 8.78. The molecule has 2 saturated heterocycles. The van der Waals surface area contributed by atoms with Gasteiger partial charge in [-0.05, 0) is 70.0 Å². The predicted octanol–water partition coefficient (Wildman–Crippen LogP) is 3.42. The Kier molecular flexibility index (Phi) is 4.81. The molecule has 0 aromatic rings. The molecule has 0 spiro atoms. The van der Waals surface area contributed by atoms with Gasteiger partial charge in [0.1, 0.15) is 0 Å². The maximum Gasteiger partial charge on any atom is 0.0111 e. The number of fused-ring (bicyclic) bond motifs is 1. The van der Waals surface area contributed by atoms with Gasteiger partial charge in [0.05, 0.1) is 0 Å². The Bertz CT molecular complexity index is 278. The Morgan fingerprint density at radius 2 is 1.95 bits per heavy atom. The van der Waals surface area contributed by atoms with Crippen LogP contribution in [0.2, 0.25) is 0 Å². The van der Waals surface area contributed by atoms with Gasteiger partial charge in [0.2, 0.25) is 0 Å². The summed E-state index contributed by atoms with van der Waals surface area (Å²) in [5, 5.41) is 3.87. The summed E-state index contributed by atoms with van der Waals surface area (Å²) in [6.45, 7) is 6.43. The molecule has 0 amide bonds. The number of nitrogens with zero attached hydrogens (tertiary/aromatic N) is 1. The van der Waals surface area contributed by atoms with Crippen molar-refractivity contribution in [2.24, 2.45) is 11.8 Å². The number of piperidine rings is 1. The Balaban J connectivity index is 1.34. The van der Waals surface area contributed by atoms with Crippen molar-refractivity contribution in [3.8, 4) is 0 Å². The van der Waals surface area contributed by atoms with Crippen LogP contribution < -0.4 is 5.32 Å². The first-order valence-electron chi connectivity index (χ1n) is 8.78. The van der Waals surface area contributed by atoms with Crippen LogP contribution in [-0.2, 0) is 0 Å². The lowest BCUT2D eigenvalue weighted by Gasteiger charge is -2.35. The van der Waals surface area contributed by atoms with Crippen LogP contribution >= 0.6 is 0 Å². The van der Waals surface area contributed by atoms with Crippen LogP contribution in [0.4, 0.5) is 0 Å². The fourth-order valence-corrected chi connectivity index (χ4v) is 4.72. The quantitative estimate of drug-likeness (QED) is 0.837. The number of hydrogen-bond donors (Lipinski definition) is 1. The molecule has 2 aliphatic heterocycles. The lowest BCUT2D eigenvalue weighted by molar-refractivity contribution is 0.164. The van der Waals surface area contributed by atoms with Crippen LogP contribution in [0.25, 0.3) is 0 Å². The monoisotopic (exact) mass is 264 g/mol. The molecule has 1 aliphatic carbocycles. The van der Waals surface area contributed by atoms with E-state index in [4.69, 9.17) is 0 Å². The Labute approximate surface area is 119 Å². The summed E-state index contributed by atoms with van der Waals surface area (Å²) in [6.07, 6.45) is 13.1. The number of nitrogens with one attached hydrogen (secondary N) is 1. The fourth-order valence-electron chi connectivity index (χ4n) is 4.72. The maximum atomic E-state index is 3.87. The predicted molar refractivity (Wildman–Crippen MR) is 81.4 cm³/mol. The van der Waals surface area contributed by atoms with E-state index in [0.29, 0.717) is 0 Å². The summed E-state index contributed by atoms with van der Waals surface area (Å²) in [5.74, 6) is 2.00. The van der Waals surface area contributed by atoms with E-state index in [1.165, 1.54) is 77.4 Å². The van der Waals surface area contributed by atoms with Gasteiger partial charge in [-0.2, -0.15) is 0 Å². The second kappa shape index (κ2) is 6.58. The van der Waals surface area contributed by atoms with Gasteiger partial charge >= 0.3 is 0 Å². The molecule has 3 rings (SSSR count). The lowest BCUT2D eigenvalue weighted by atomic mass is 9.81. The minimum atomic E-state index is 0.820. The third-order valence-electron chi connectivity index (χ3n) is 5.85. The molecule has 0 aromatic carbocycles. The smallest absolute Gasteiger partial charge is 0.0111 e. The van der Waals surface area contributed by atoms with Crippen LogP contribution in [0.5, 0.6) is 0 Å². The van der Waals surface area contributed by atoms with Crippen LogP contribution in [-0.4, -0.2) is 36.6 Å². The van der Waals surface area contributed by atoms with Crippen molar-refractivity contribution in [1.29, 1.82) is 0 Å². The van der Waals surface area contributed by atoms with Crippen LogP contribution in [0.15, 0.2) is 0 Å². The second-order valence-electron chi connectivity index (χ2n) is 7.43. The first-order chi connectivity index (χ1) is 9.31. The average molecular weight is 264 g/mol. The molecule has 0 radical (unpaired) electrons. The molecule has 1 saturated carbocycles. The minimum Gasteiger partial charge on any atom is -0.314 e. The molecular weight excluding hydrogens is 232 g/mol. The van der Waals surface area contributed by atoms with Gasteiger partial charge in [-0.3, -0.25) is 0 Å². The summed E-state index contributed by atoms with van der Waals surface area (Å²) in [6, 6.07) is 1.74. The highest BCUT2D eigenvalue weighted by Crippen LogP contribution is 2.31. The molecule has 0 aromatic heterocycles. The fraction of sp³-hybridized carbons (Fsp3) is 1.00. The minimum absolute atomic E-state index is 0.820. The van der Waals surface area contributed by atoms with E-state index < -0.39 is 0 Å². The SMILES string of the molecule is CC1CCCC(CCNC2CCN3CCCC3C2)C1. The van der Waals surface area contributed by atoms with Gasteiger partial charge in [-0.1, -0.05) is 26.2 Å². The molecule has 4 atom stereocenters. The highest BCUT2D eigenvalue weighted by molar-refractivity contribution is 4.89. The summed E-state index contributed by atoms with van der Waals surface area (Å²) in [4.78, 5) is 2.72. The maximum absolute atomic E-state index is 3.87. The molecule has 3 aliphatic rings. The average Bonchev–Trinajstić information content (AvgIpc) is 2.86. The molecule has 2 heteroatoms. The van der Waals surface area contributed by atoms with Crippen LogP contribution in [0.1, 0.15) is 64.7 Å². The molecule has 2 heterocycles. The van der Waals surface area contributed by atoms with Crippen molar-refractivity contribution in [3.05, 3.63) is 0 Å². The molecule has 3 fully saturated rings. The standard InChI is InChI=1S/C17H32N2/c1-14-4-2-5-15(12-14)7-9-18-16-8-11-19-10-3-6-17(19)13-16/h14-18H,2-13H2,1H3. The van der Waals surface area contributed by atoms with Crippen LogP contribution in [0, 0.1) is 11.8 Å². The summed E-state index contributed by atoms with van der Waals surface area (Å²) >= 11 is 0. The second-order valence-corrected chi connectivity index (χ2v) is 7.43. The Morgan fingerprint density at radius 3 is 2.84 bits per heavy atom. The van der Waals surface area contributed by atoms with E-state index in [9.17, 15) is 0 Å². The zero-order valence-corrected chi connectivity index (χ0v) is 12.7. The van der Waals surface area contributed by atoms with Crippen molar-refractivity contribution < 1.29 is 0 Å². The zero-order valence-electron chi connectivity index (χ0n) is 12.7. The first kappa shape index (κ1) is 13.9. The highest BCUT2D eigenvalue weighted by atomic mass is 15.2. The summed E-state index contributed by atoms with van der Waals surface area (Å²) < 4.78 is 0. The molecule has 2 nitrogen and oxygen atoms in total. The van der Waals surface area contributed by atoms with Crippen molar-refractivity contribution in [3.63, 3.8) is 0 Å². The number of hydrogen-bond acceptors (Lipinski definition) is 2. The highest BCUT2D eigenvalue weighted by Gasteiger charge is 2.31. The van der Waals surface area contributed by atoms with E-state index in [0.717, 1.165) is 23.9 Å². The molecule has 4 unspecified atom stereocenters. The van der Waals surface area contributed by atoms with Gasteiger partial charge in [0, 0.05) is 12.1 Å². The Morgan fingerprint density at radius 1 is 1.00 bits per heavy atom. The summed E-state index contributed by atoms with van der Waals surface area (Å²) in [5.41, 5.74) is 0. The van der Waals surface area contributed by atoms with E-state index in [1.807, 2.05) is 0 Å². The zero-order chi connectivity index (χ0) is 13.1. The van der Waals surface area contributed by atoms with E-state index in [1.54, 1.807) is 0 Å². The van der Waals surface area contributed by atoms with E-state index >= 15 is 0 Å². The largest absolute Gasteiger partial charge is 0.314 e. The number of rotatable bonds is 4. The topological polar surface area (TPSA) is 15.3 Å². The normalized spacial score (nSPS) is 40.3. The molecule has 1 N–H and O–H groups in total. The van der Waals surface area contributed by atoms with Crippen molar-refractivity contribution in [1.82, 2.24) is 10.2 Å². The van der Waals surface area contributed by atoms with Gasteiger partial charge in [0.15, 0.2) is 0 Å². The van der Waals surface area contributed by atoms with Gasteiger partial charge in [-0.15, -0.1) is 0 Å². The van der Waals surface area contributed by atoms with Crippen molar-refractivity contribution in [2.45, 2.75) is 76.8 Å². The van der Waals surface area contributed by atoms with Gasteiger partial charge < -0.3 is 10.2 Å². The van der Waals surface area contributed by atoms with E-state index in [2.05, 4.69) is 17.1 Å². The lowest BCUT2D eigenvalue weighted by Crippen LogP contribution is -2.46. The van der Waals surface area contributed by atoms with Crippen LogP contribution in [0.3, 0.4) is 0 Å². The Hall–Kier alpha value is -0.0800. The van der Waals surface area contributed by atoms with Crippen molar-refractivity contribution in [2.75, 3.05) is 19.6 Å². The third-order valence-corrected chi connectivity index (χ3v) is 5.85. The molecule has 19 heavy (non-hydrogen) atoms. The third kappa shape index (κ3) is 3.72.